The normalized spacial score (nSPS) is 22.6. The predicted octanol–water partition coefficient (Wildman–Crippen LogP) is 8.92. The summed E-state index contributed by atoms with van der Waals surface area (Å²) in [7, 11) is 0. The van der Waals surface area contributed by atoms with Gasteiger partial charge in [-0.05, 0) is 93.0 Å². The van der Waals surface area contributed by atoms with Crippen LogP contribution in [-0.4, -0.2) is 111 Å². The molecule has 13 nitrogen and oxygen atoms in total. The fraction of sp³-hybridized carbons (Fsp3) is 0.575. The SMILES string of the molecule is C[C@@H]1CN(c2nc(OC[C@@]34CCCN3C[C@H](F)C4)nc3c(F)c(-c4ccc(F)c5sc(NC(=O)OC(C)(C)C)nc45)c(OC(F)F)cc23)[C@@H](C)CN1C(=O)OC(C)(C)C. The van der Waals surface area contributed by atoms with Crippen LogP contribution in [0, 0.1) is 11.6 Å². The zero-order valence-electron chi connectivity index (χ0n) is 34.1. The Morgan fingerprint density at radius 1 is 0.983 bits per heavy atom. The van der Waals surface area contributed by atoms with Crippen molar-refractivity contribution in [2.45, 2.75) is 116 Å². The molecular weight excluding hydrogens is 802 g/mol. The number of carbonyl (C=O) groups is 2. The molecule has 2 aromatic carbocycles. The Labute approximate surface area is 342 Å². The third-order valence-electron chi connectivity index (χ3n) is 10.6. The van der Waals surface area contributed by atoms with E-state index in [1.54, 1.807) is 46.4 Å². The number of halogens is 5. The van der Waals surface area contributed by atoms with Crippen LogP contribution < -0.4 is 19.7 Å². The number of thiazole rings is 1. The molecular formula is C40H48F5N7O6S. The molecule has 5 heterocycles. The lowest BCUT2D eigenvalue weighted by atomic mass is 9.95. The summed E-state index contributed by atoms with van der Waals surface area (Å²) in [6, 6.07) is 2.27. The molecule has 19 heteroatoms. The van der Waals surface area contributed by atoms with Gasteiger partial charge in [-0.1, -0.05) is 11.3 Å². The van der Waals surface area contributed by atoms with Gasteiger partial charge in [-0.25, -0.2) is 27.7 Å². The van der Waals surface area contributed by atoms with Crippen LogP contribution in [-0.2, 0) is 9.47 Å². The van der Waals surface area contributed by atoms with E-state index in [4.69, 9.17) is 23.9 Å². The number of benzene rings is 2. The minimum Gasteiger partial charge on any atom is -0.461 e. The predicted molar refractivity (Wildman–Crippen MR) is 212 cm³/mol. The minimum absolute atomic E-state index is 0.00622. The number of rotatable bonds is 8. The van der Waals surface area contributed by atoms with Crippen LogP contribution in [0.25, 0.3) is 32.2 Å². The molecule has 3 aliphatic heterocycles. The second kappa shape index (κ2) is 15.7. The summed E-state index contributed by atoms with van der Waals surface area (Å²) in [5, 5.41) is 2.36. The van der Waals surface area contributed by atoms with Crippen molar-refractivity contribution in [3.05, 3.63) is 29.8 Å². The van der Waals surface area contributed by atoms with Crippen molar-refractivity contribution in [3.63, 3.8) is 0 Å². The first kappa shape index (κ1) is 42.3. The number of carbonyl (C=O) groups excluding carboxylic acids is 2. The number of hydrogen-bond donors (Lipinski definition) is 1. The summed E-state index contributed by atoms with van der Waals surface area (Å²) >= 11 is 0.742. The van der Waals surface area contributed by atoms with Crippen LogP contribution >= 0.6 is 11.3 Å². The third kappa shape index (κ3) is 8.76. The van der Waals surface area contributed by atoms with Crippen molar-refractivity contribution in [3.8, 4) is 22.9 Å². The molecule has 1 N–H and O–H groups in total. The van der Waals surface area contributed by atoms with Crippen molar-refractivity contribution in [2.24, 2.45) is 0 Å². The molecule has 2 aromatic heterocycles. The Bertz CT molecular complexity index is 2270. The van der Waals surface area contributed by atoms with Gasteiger partial charge < -0.3 is 28.7 Å². The highest BCUT2D eigenvalue weighted by molar-refractivity contribution is 7.22. The summed E-state index contributed by atoms with van der Waals surface area (Å²) in [5.41, 5.74) is -3.31. The van der Waals surface area contributed by atoms with Gasteiger partial charge in [-0.15, -0.1) is 0 Å². The van der Waals surface area contributed by atoms with Crippen LogP contribution in [0.1, 0.15) is 74.7 Å². The largest absolute Gasteiger partial charge is 0.461 e. The fourth-order valence-corrected chi connectivity index (χ4v) is 9.04. The van der Waals surface area contributed by atoms with Gasteiger partial charge in [0, 0.05) is 49.1 Å². The van der Waals surface area contributed by atoms with Crippen LogP contribution in [0.4, 0.5) is 42.5 Å². The highest BCUT2D eigenvalue weighted by Crippen LogP contribution is 2.46. The number of fused-ring (bicyclic) bond motifs is 3. The summed E-state index contributed by atoms with van der Waals surface area (Å²) in [5.74, 6) is -2.37. The summed E-state index contributed by atoms with van der Waals surface area (Å²) in [6.45, 7) is 11.8. The molecule has 4 aromatic rings. The quantitative estimate of drug-likeness (QED) is 0.171. The smallest absolute Gasteiger partial charge is 0.413 e. The van der Waals surface area contributed by atoms with Crippen molar-refractivity contribution < 1.29 is 50.5 Å². The second-order valence-corrected chi connectivity index (χ2v) is 18.4. The number of ether oxygens (including phenoxy) is 4. The first-order valence-electron chi connectivity index (χ1n) is 19.5. The topological polar surface area (TPSA) is 131 Å². The van der Waals surface area contributed by atoms with Crippen LogP contribution in [0.3, 0.4) is 0 Å². The average molecular weight is 850 g/mol. The molecule has 0 radical (unpaired) electrons. The van der Waals surface area contributed by atoms with E-state index in [1.807, 2.05) is 23.6 Å². The molecule has 0 spiro atoms. The number of hydrogen-bond acceptors (Lipinski definition) is 12. The van der Waals surface area contributed by atoms with Gasteiger partial charge in [0.05, 0.1) is 21.3 Å². The molecule has 0 aliphatic carbocycles. The van der Waals surface area contributed by atoms with Gasteiger partial charge in [0.1, 0.15) is 46.9 Å². The lowest BCUT2D eigenvalue weighted by Gasteiger charge is -2.45. The van der Waals surface area contributed by atoms with E-state index in [9.17, 15) is 22.8 Å². The zero-order valence-corrected chi connectivity index (χ0v) is 34.9. The van der Waals surface area contributed by atoms with E-state index in [0.29, 0.717) is 13.0 Å². The Morgan fingerprint density at radius 2 is 1.71 bits per heavy atom. The molecule has 0 bridgehead atoms. The lowest BCUT2D eigenvalue weighted by Crippen LogP contribution is -2.59. The van der Waals surface area contributed by atoms with E-state index in [1.165, 1.54) is 12.1 Å². The molecule has 59 heavy (non-hydrogen) atoms. The maximum absolute atomic E-state index is 17.5. The van der Waals surface area contributed by atoms with Gasteiger partial charge in [-0.3, -0.25) is 10.2 Å². The number of piperazine rings is 1. The fourth-order valence-electron chi connectivity index (χ4n) is 8.16. The Hall–Kier alpha value is -4.78. The Morgan fingerprint density at radius 3 is 2.41 bits per heavy atom. The maximum Gasteiger partial charge on any atom is 0.413 e. The summed E-state index contributed by atoms with van der Waals surface area (Å²) in [6.07, 6.45) is -0.649. The molecule has 0 saturated carbocycles. The van der Waals surface area contributed by atoms with Crippen LogP contribution in [0.5, 0.6) is 11.8 Å². The molecule has 3 fully saturated rings. The van der Waals surface area contributed by atoms with Crippen molar-refractivity contribution >= 4 is 55.6 Å². The highest BCUT2D eigenvalue weighted by atomic mass is 32.1. The van der Waals surface area contributed by atoms with E-state index < -0.39 is 76.7 Å². The van der Waals surface area contributed by atoms with E-state index in [0.717, 1.165) is 23.8 Å². The van der Waals surface area contributed by atoms with Crippen LogP contribution in [0.2, 0.25) is 0 Å². The number of nitrogens with zero attached hydrogens (tertiary/aromatic N) is 6. The van der Waals surface area contributed by atoms with E-state index >= 15 is 8.78 Å². The molecule has 7 rings (SSSR count). The first-order chi connectivity index (χ1) is 27.6. The zero-order chi connectivity index (χ0) is 42.8. The molecule has 2 amide bonds. The van der Waals surface area contributed by atoms with E-state index in [2.05, 4.69) is 15.3 Å². The van der Waals surface area contributed by atoms with Gasteiger partial charge in [0.25, 0.3) is 0 Å². The molecule has 3 aliphatic rings. The summed E-state index contributed by atoms with van der Waals surface area (Å²) < 4.78 is 98.1. The third-order valence-corrected chi connectivity index (χ3v) is 11.5. The maximum atomic E-state index is 17.5. The Kier molecular flexibility index (Phi) is 11.3. The summed E-state index contributed by atoms with van der Waals surface area (Å²) in [4.78, 5) is 44.8. The average Bonchev–Trinajstić information content (AvgIpc) is 3.79. The van der Waals surface area contributed by atoms with Gasteiger partial charge >= 0.3 is 24.8 Å². The van der Waals surface area contributed by atoms with Gasteiger partial charge in [0.2, 0.25) is 0 Å². The number of aromatic nitrogens is 3. The second-order valence-electron chi connectivity index (χ2n) is 17.4. The number of amides is 2. The van der Waals surface area contributed by atoms with Crippen molar-refractivity contribution in [1.29, 1.82) is 0 Å². The van der Waals surface area contributed by atoms with Gasteiger partial charge in [0.15, 0.2) is 10.9 Å². The number of alkyl halides is 3. The molecule has 320 valence electrons. The molecule has 4 atom stereocenters. The lowest BCUT2D eigenvalue weighted by molar-refractivity contribution is -0.0495. The molecule has 0 unspecified atom stereocenters. The van der Waals surface area contributed by atoms with Gasteiger partial charge in [-0.2, -0.15) is 18.7 Å². The number of anilines is 2. The van der Waals surface area contributed by atoms with Crippen LogP contribution in [0.15, 0.2) is 18.2 Å². The standard InChI is InChI=1S/C40H48F5N7O6S/c1-20-17-52(37(54)58-39(6,7)8)21(2)16-51(20)32-24-14-26(56-33(44)45)27(23-10-11-25(42)31-30(23)47-35(59-31)49-36(53)57-38(3,4)5)28(43)29(24)46-34(48-32)55-19-40-12-9-13-50(40)18-22(41)15-40/h10-11,14,20-22,33H,9,12-13,15-19H2,1-8H3,(H,47,49,53)/t20-,21+,22+,40-/m0/s1. The van der Waals surface area contributed by atoms with E-state index in [-0.39, 0.29) is 76.3 Å². The monoisotopic (exact) mass is 849 g/mol. The molecule has 3 saturated heterocycles. The Balaban J connectivity index is 1.37. The first-order valence-corrected chi connectivity index (χ1v) is 20.3. The highest BCUT2D eigenvalue weighted by Gasteiger charge is 2.49. The van der Waals surface area contributed by atoms with Crippen molar-refractivity contribution in [2.75, 3.05) is 43.0 Å². The minimum atomic E-state index is -3.41. The van der Waals surface area contributed by atoms with Crippen molar-refractivity contribution in [1.82, 2.24) is 24.8 Å². The number of nitrogens with one attached hydrogen (secondary N) is 1.